The van der Waals surface area contributed by atoms with Gasteiger partial charge in [0.05, 0.1) is 18.6 Å². The van der Waals surface area contributed by atoms with E-state index < -0.39 is 17.5 Å². The zero-order chi connectivity index (χ0) is 16.6. The van der Waals surface area contributed by atoms with Gasteiger partial charge in [0, 0.05) is 6.07 Å². The molecule has 118 valence electrons. The fourth-order valence-electron chi connectivity index (χ4n) is 2.71. The van der Waals surface area contributed by atoms with E-state index in [-0.39, 0.29) is 22.8 Å². The average molecular weight is 313 g/mol. The monoisotopic (exact) mass is 313 g/mol. The number of carbonyl (C=O) groups excluding carboxylic acids is 1. The summed E-state index contributed by atoms with van der Waals surface area (Å²) in [6, 6.07) is 10.6. The van der Waals surface area contributed by atoms with Crippen LogP contribution < -0.4 is 16.1 Å². The molecule has 3 rings (SSSR count). The number of aryl methyl sites for hydroxylation is 1. The number of hydrogen-bond donors (Lipinski definition) is 1. The second-order valence-corrected chi connectivity index (χ2v) is 5.14. The van der Waals surface area contributed by atoms with Crippen LogP contribution in [0.4, 0.5) is 0 Å². The van der Waals surface area contributed by atoms with Crippen LogP contribution in [-0.2, 0) is 9.53 Å². The lowest BCUT2D eigenvalue weighted by Crippen LogP contribution is -2.30. The highest BCUT2D eigenvalue weighted by molar-refractivity contribution is 5.92. The lowest BCUT2D eigenvalue weighted by molar-refractivity contribution is -0.136. The van der Waals surface area contributed by atoms with Crippen molar-refractivity contribution >= 4 is 5.97 Å². The van der Waals surface area contributed by atoms with Gasteiger partial charge in [0.25, 0.3) is 0 Å². The van der Waals surface area contributed by atoms with Crippen molar-refractivity contribution in [1.82, 2.24) is 0 Å². The molecule has 6 nitrogen and oxygen atoms in total. The Balaban J connectivity index is 2.31. The Morgan fingerprint density at radius 1 is 1.26 bits per heavy atom. The van der Waals surface area contributed by atoms with Crippen LogP contribution in [0.25, 0.3) is 0 Å². The summed E-state index contributed by atoms with van der Waals surface area (Å²) in [5.74, 6) is -0.748. The van der Waals surface area contributed by atoms with Gasteiger partial charge in [-0.05, 0) is 12.5 Å². The Morgan fingerprint density at radius 2 is 1.96 bits per heavy atom. The summed E-state index contributed by atoms with van der Waals surface area (Å²) in [4.78, 5) is 24.5. The van der Waals surface area contributed by atoms with Gasteiger partial charge in [0.2, 0.25) is 5.88 Å². The number of carbonyl (C=O) groups is 1. The molecule has 2 heterocycles. The zero-order valence-electron chi connectivity index (χ0n) is 12.7. The largest absolute Gasteiger partial charge is 0.465 e. The standard InChI is InChI=1S/C17H15NO5/c1-9-8-11-13(17(20)22-9)12(10-6-4-3-5-7-10)14(15(18)23-11)16(19)21-2/h3-8,12H,18H2,1-2H3. The predicted octanol–water partition coefficient (Wildman–Crippen LogP) is 1.82. The molecule has 0 bridgehead atoms. The molecule has 0 spiro atoms. The normalized spacial score (nSPS) is 16.5. The molecule has 0 aliphatic carbocycles. The molecule has 1 aromatic heterocycles. The van der Waals surface area contributed by atoms with Crippen molar-refractivity contribution in [1.29, 1.82) is 0 Å². The van der Waals surface area contributed by atoms with E-state index in [0.717, 1.165) is 5.56 Å². The number of esters is 1. The predicted molar refractivity (Wildman–Crippen MR) is 81.9 cm³/mol. The van der Waals surface area contributed by atoms with Crippen LogP contribution in [0.1, 0.15) is 22.8 Å². The highest BCUT2D eigenvalue weighted by Gasteiger charge is 2.38. The number of ether oxygens (including phenoxy) is 2. The molecule has 6 heteroatoms. The van der Waals surface area contributed by atoms with Gasteiger partial charge < -0.3 is 19.6 Å². The van der Waals surface area contributed by atoms with E-state index in [1.54, 1.807) is 25.1 Å². The molecular formula is C17H15NO5. The third kappa shape index (κ3) is 2.48. The van der Waals surface area contributed by atoms with Crippen molar-refractivity contribution in [3.63, 3.8) is 0 Å². The van der Waals surface area contributed by atoms with Gasteiger partial charge in [0.1, 0.15) is 17.1 Å². The number of nitrogens with two attached hydrogens (primary N) is 1. The minimum absolute atomic E-state index is 0.0804. The summed E-state index contributed by atoms with van der Waals surface area (Å²) in [6.07, 6.45) is 0. The van der Waals surface area contributed by atoms with E-state index >= 15 is 0 Å². The summed E-state index contributed by atoms with van der Waals surface area (Å²) in [5, 5.41) is 0. The Hall–Kier alpha value is -3.02. The number of methoxy groups -OCH3 is 1. The Kier molecular flexibility index (Phi) is 3.65. The van der Waals surface area contributed by atoms with E-state index in [0.29, 0.717) is 5.76 Å². The first-order chi connectivity index (χ1) is 11.0. The smallest absolute Gasteiger partial charge is 0.343 e. The maximum Gasteiger partial charge on any atom is 0.343 e. The van der Waals surface area contributed by atoms with E-state index in [2.05, 4.69) is 0 Å². The van der Waals surface area contributed by atoms with E-state index in [1.165, 1.54) is 7.11 Å². The topological polar surface area (TPSA) is 91.8 Å². The first-order valence-corrected chi connectivity index (χ1v) is 6.98. The number of hydrogen-bond acceptors (Lipinski definition) is 6. The molecule has 1 unspecified atom stereocenters. The SMILES string of the molecule is COC(=O)C1=C(N)Oc2cc(C)oc(=O)c2C1c1ccccc1. The molecule has 2 N–H and O–H groups in total. The Labute approximate surface area is 132 Å². The molecule has 0 amide bonds. The van der Waals surface area contributed by atoms with E-state index in [1.807, 2.05) is 18.2 Å². The second-order valence-electron chi connectivity index (χ2n) is 5.14. The van der Waals surface area contributed by atoms with Gasteiger partial charge in [-0.15, -0.1) is 0 Å². The molecule has 0 fully saturated rings. The lowest BCUT2D eigenvalue weighted by atomic mass is 9.84. The summed E-state index contributed by atoms with van der Waals surface area (Å²) in [6.45, 7) is 1.64. The Morgan fingerprint density at radius 3 is 2.61 bits per heavy atom. The minimum Gasteiger partial charge on any atom is -0.465 e. The Bertz CT molecular complexity index is 851. The van der Waals surface area contributed by atoms with Crippen LogP contribution >= 0.6 is 0 Å². The fourth-order valence-corrected chi connectivity index (χ4v) is 2.71. The maximum atomic E-state index is 12.4. The molecular weight excluding hydrogens is 298 g/mol. The van der Waals surface area contributed by atoms with Gasteiger partial charge >= 0.3 is 11.6 Å². The quantitative estimate of drug-likeness (QED) is 0.850. The molecule has 0 saturated heterocycles. The van der Waals surface area contributed by atoms with Crippen LogP contribution in [0.3, 0.4) is 0 Å². The van der Waals surface area contributed by atoms with Crippen molar-refractivity contribution in [2.75, 3.05) is 7.11 Å². The summed E-state index contributed by atoms with van der Waals surface area (Å²) in [7, 11) is 1.25. The molecule has 0 saturated carbocycles. The van der Waals surface area contributed by atoms with Gasteiger partial charge in [-0.3, -0.25) is 0 Å². The molecule has 2 aromatic rings. The van der Waals surface area contributed by atoms with Gasteiger partial charge in [-0.1, -0.05) is 30.3 Å². The third-order valence-corrected chi connectivity index (χ3v) is 3.67. The van der Waals surface area contributed by atoms with Gasteiger partial charge in [-0.2, -0.15) is 0 Å². The van der Waals surface area contributed by atoms with Crippen molar-refractivity contribution in [2.24, 2.45) is 5.73 Å². The molecule has 1 aliphatic heterocycles. The average Bonchev–Trinajstić information content (AvgIpc) is 2.53. The molecule has 1 atom stereocenters. The van der Waals surface area contributed by atoms with E-state index in [9.17, 15) is 9.59 Å². The van der Waals surface area contributed by atoms with Crippen LogP contribution in [-0.4, -0.2) is 13.1 Å². The first kappa shape index (κ1) is 14.9. The molecule has 23 heavy (non-hydrogen) atoms. The first-order valence-electron chi connectivity index (χ1n) is 6.98. The van der Waals surface area contributed by atoms with Crippen molar-refractivity contribution in [3.05, 3.63) is 75.2 Å². The van der Waals surface area contributed by atoms with Crippen LogP contribution in [0.15, 0.2) is 57.1 Å². The second kappa shape index (κ2) is 5.64. The molecule has 1 aliphatic rings. The minimum atomic E-state index is -0.704. The van der Waals surface area contributed by atoms with Crippen LogP contribution in [0.2, 0.25) is 0 Å². The van der Waals surface area contributed by atoms with E-state index in [4.69, 9.17) is 19.6 Å². The highest BCUT2D eigenvalue weighted by Crippen LogP contribution is 2.40. The number of benzene rings is 1. The van der Waals surface area contributed by atoms with Gasteiger partial charge in [-0.25, -0.2) is 9.59 Å². The van der Waals surface area contributed by atoms with Crippen molar-refractivity contribution < 1.29 is 18.7 Å². The zero-order valence-corrected chi connectivity index (χ0v) is 12.7. The summed E-state index contributed by atoms with van der Waals surface area (Å²) < 4.78 is 15.5. The third-order valence-electron chi connectivity index (χ3n) is 3.67. The van der Waals surface area contributed by atoms with Crippen LogP contribution in [0, 0.1) is 6.92 Å². The number of rotatable bonds is 2. The number of fused-ring (bicyclic) bond motifs is 1. The maximum absolute atomic E-state index is 12.4. The van der Waals surface area contributed by atoms with Crippen molar-refractivity contribution in [2.45, 2.75) is 12.8 Å². The molecule has 1 aromatic carbocycles. The van der Waals surface area contributed by atoms with Gasteiger partial charge in [0.15, 0.2) is 0 Å². The fraction of sp³-hybridized carbons (Fsp3) is 0.176. The highest BCUT2D eigenvalue weighted by atomic mass is 16.5. The van der Waals surface area contributed by atoms with Crippen LogP contribution in [0.5, 0.6) is 5.75 Å². The lowest BCUT2D eigenvalue weighted by Gasteiger charge is -2.27. The summed E-state index contributed by atoms with van der Waals surface area (Å²) in [5.41, 5.74) is 6.39. The molecule has 0 radical (unpaired) electrons. The van der Waals surface area contributed by atoms with Crippen molar-refractivity contribution in [3.8, 4) is 5.75 Å². The summed E-state index contributed by atoms with van der Waals surface area (Å²) >= 11 is 0.